The second-order valence-electron chi connectivity index (χ2n) is 2.15. The minimum atomic E-state index is 0.166. The van der Waals surface area contributed by atoms with Gasteiger partial charge in [0.25, 0.3) is 0 Å². The van der Waals surface area contributed by atoms with Crippen molar-refractivity contribution in [3.63, 3.8) is 0 Å². The normalized spacial score (nSPS) is 11.1. The van der Waals surface area contributed by atoms with Gasteiger partial charge >= 0.3 is 0 Å². The van der Waals surface area contributed by atoms with Crippen molar-refractivity contribution in [2.45, 2.75) is 0 Å². The van der Waals surface area contributed by atoms with Gasteiger partial charge in [0.15, 0.2) is 9.62 Å². The van der Waals surface area contributed by atoms with Crippen molar-refractivity contribution < 1.29 is 0 Å². The Balaban J connectivity index is 2.92. The Bertz CT molecular complexity index is 481. The predicted octanol–water partition coefficient (Wildman–Crippen LogP) is 4.30. The zero-order valence-corrected chi connectivity index (χ0v) is 9.65. The Morgan fingerprint density at radius 1 is 0.923 bits per heavy atom. The molecule has 7 heteroatoms. The number of hydrogen-bond acceptors (Lipinski definition) is 3. The van der Waals surface area contributed by atoms with E-state index in [-0.39, 0.29) is 10.2 Å². The first-order chi connectivity index (χ1) is 6.09. The Hall–Kier alpha value is 0.200. The molecular weight excluding hydrogens is 274 g/mol. The van der Waals surface area contributed by atoms with E-state index >= 15 is 0 Å². The molecule has 0 fully saturated rings. The summed E-state index contributed by atoms with van der Waals surface area (Å²) in [4.78, 5) is 8.53. The lowest BCUT2D eigenvalue weighted by molar-refractivity contribution is 1.41. The summed E-state index contributed by atoms with van der Waals surface area (Å²) in [7, 11) is 0. The van der Waals surface area contributed by atoms with Crippen molar-refractivity contribution in [2.75, 3.05) is 0 Å². The fraction of sp³-hybridized carbons (Fsp3) is 0. The molecule has 13 heavy (non-hydrogen) atoms. The van der Waals surface area contributed by atoms with E-state index in [4.69, 9.17) is 46.4 Å². The maximum atomic E-state index is 5.87. The van der Waals surface area contributed by atoms with Crippen LogP contribution in [0.4, 0.5) is 0 Å². The van der Waals surface area contributed by atoms with E-state index in [0.29, 0.717) is 19.8 Å². The van der Waals surface area contributed by atoms with Gasteiger partial charge in [-0.2, -0.15) is 0 Å². The summed E-state index contributed by atoms with van der Waals surface area (Å²) >= 11 is 24.2. The third kappa shape index (κ3) is 1.60. The second kappa shape index (κ2) is 3.41. The van der Waals surface area contributed by atoms with Crippen LogP contribution in [0.15, 0.2) is 0 Å². The van der Waals surface area contributed by atoms with Crippen LogP contribution in [-0.2, 0) is 0 Å². The molecule has 0 unspecified atom stereocenters. The molecule has 0 saturated carbocycles. The fourth-order valence-corrected chi connectivity index (χ4v) is 2.51. The van der Waals surface area contributed by atoms with Crippen molar-refractivity contribution in [3.05, 3.63) is 19.7 Å². The van der Waals surface area contributed by atoms with E-state index in [0.717, 1.165) is 0 Å². The molecule has 0 atom stereocenters. The Labute approximate surface area is 97.4 Å². The summed E-state index contributed by atoms with van der Waals surface area (Å²) in [5, 5.41) is 0.664. The van der Waals surface area contributed by atoms with Crippen LogP contribution in [0.1, 0.15) is 0 Å². The summed E-state index contributed by atoms with van der Waals surface area (Å²) in [5.41, 5.74) is 0.492. The lowest BCUT2D eigenvalue weighted by Gasteiger charge is -1.97. The summed E-state index contributed by atoms with van der Waals surface area (Å²) in [5.74, 6) is 0. The minimum Gasteiger partial charge on any atom is -0.222 e. The number of fused-ring (bicyclic) bond motifs is 1. The van der Waals surface area contributed by atoms with Crippen LogP contribution in [0, 0.1) is 0 Å². The van der Waals surface area contributed by atoms with Gasteiger partial charge in [-0.3, -0.25) is 0 Å². The van der Waals surface area contributed by atoms with Gasteiger partial charge in [-0.05, 0) is 0 Å². The molecule has 2 nitrogen and oxygen atoms in total. The molecule has 2 rings (SSSR count). The largest absolute Gasteiger partial charge is 0.222 e. The Morgan fingerprint density at radius 3 is 2.31 bits per heavy atom. The molecule has 0 spiro atoms. The van der Waals surface area contributed by atoms with Crippen LogP contribution in [0.2, 0.25) is 19.7 Å². The smallest absolute Gasteiger partial charge is 0.186 e. The molecule has 68 valence electrons. The van der Waals surface area contributed by atoms with Gasteiger partial charge in [0.1, 0.15) is 10.3 Å². The molecular formula is C6Cl4N2S. The first-order valence-electron chi connectivity index (χ1n) is 3.06. The SMILES string of the molecule is Clc1nc2c(Cl)c(Cl)c(Cl)nc2s1. The zero-order valence-electron chi connectivity index (χ0n) is 5.81. The van der Waals surface area contributed by atoms with E-state index in [1.165, 1.54) is 11.3 Å². The first-order valence-corrected chi connectivity index (χ1v) is 5.39. The zero-order chi connectivity index (χ0) is 9.59. The summed E-state index contributed by atoms with van der Waals surface area (Å²) < 4.78 is 0.364. The molecule has 0 N–H and O–H groups in total. The van der Waals surface area contributed by atoms with Gasteiger partial charge in [-0.1, -0.05) is 57.7 Å². The molecule has 0 aliphatic carbocycles. The van der Waals surface area contributed by atoms with Crippen LogP contribution in [0.3, 0.4) is 0 Å². The molecule has 0 bridgehead atoms. The third-order valence-electron chi connectivity index (χ3n) is 1.36. The van der Waals surface area contributed by atoms with Crippen molar-refractivity contribution in [1.29, 1.82) is 0 Å². The van der Waals surface area contributed by atoms with E-state index in [1.54, 1.807) is 0 Å². The van der Waals surface area contributed by atoms with Gasteiger partial charge in [-0.25, -0.2) is 9.97 Å². The van der Waals surface area contributed by atoms with Crippen molar-refractivity contribution in [3.8, 4) is 0 Å². The van der Waals surface area contributed by atoms with E-state index < -0.39 is 0 Å². The number of aromatic nitrogens is 2. The van der Waals surface area contributed by atoms with E-state index in [1.807, 2.05) is 0 Å². The number of pyridine rings is 1. The van der Waals surface area contributed by atoms with Gasteiger partial charge in [0.05, 0.1) is 10.0 Å². The highest BCUT2D eigenvalue weighted by molar-refractivity contribution is 7.21. The molecule has 2 aromatic rings. The molecule has 2 heterocycles. The highest BCUT2D eigenvalue weighted by Gasteiger charge is 2.14. The summed E-state index contributed by atoms with van der Waals surface area (Å²) in [6.07, 6.45) is 0. The number of thiazole rings is 1. The van der Waals surface area contributed by atoms with Crippen molar-refractivity contribution in [2.24, 2.45) is 0 Å². The molecule has 0 saturated heterocycles. The Morgan fingerprint density at radius 2 is 1.62 bits per heavy atom. The summed E-state index contributed by atoms with van der Waals surface area (Å²) in [6.45, 7) is 0. The average molecular weight is 274 g/mol. The number of rotatable bonds is 0. The van der Waals surface area contributed by atoms with Gasteiger partial charge < -0.3 is 0 Å². The standard InChI is InChI=1S/C6Cl4N2S/c7-1-2(8)4(9)12-5-3(1)11-6(10)13-5. The molecule has 0 amide bonds. The van der Waals surface area contributed by atoms with Crippen molar-refractivity contribution >= 4 is 68.1 Å². The predicted molar refractivity (Wildman–Crippen MR) is 57.5 cm³/mol. The number of halogens is 4. The topological polar surface area (TPSA) is 25.8 Å². The number of hydrogen-bond donors (Lipinski definition) is 0. The molecule has 0 radical (unpaired) electrons. The maximum Gasteiger partial charge on any atom is 0.186 e. The molecule has 2 aromatic heterocycles. The van der Waals surface area contributed by atoms with Crippen molar-refractivity contribution in [1.82, 2.24) is 9.97 Å². The molecule has 0 aromatic carbocycles. The fourth-order valence-electron chi connectivity index (χ4n) is 0.838. The van der Waals surface area contributed by atoms with Gasteiger partial charge in [-0.15, -0.1) is 0 Å². The third-order valence-corrected chi connectivity index (χ3v) is 3.62. The van der Waals surface area contributed by atoms with Crippen LogP contribution >= 0.6 is 57.7 Å². The molecule has 0 aliphatic rings. The average Bonchev–Trinajstić information content (AvgIpc) is 2.42. The van der Waals surface area contributed by atoms with Gasteiger partial charge in [0, 0.05) is 0 Å². The van der Waals surface area contributed by atoms with Crippen LogP contribution < -0.4 is 0 Å². The first kappa shape index (κ1) is 9.74. The van der Waals surface area contributed by atoms with Gasteiger partial charge in [0.2, 0.25) is 0 Å². The minimum absolute atomic E-state index is 0.166. The summed E-state index contributed by atoms with van der Waals surface area (Å²) in [6, 6.07) is 0. The second-order valence-corrected chi connectivity index (χ2v) is 4.82. The lowest BCUT2D eigenvalue weighted by Crippen LogP contribution is -1.80. The number of nitrogens with zero attached hydrogens (tertiary/aromatic N) is 2. The van der Waals surface area contributed by atoms with E-state index in [2.05, 4.69) is 9.97 Å². The van der Waals surface area contributed by atoms with Crippen LogP contribution in [0.25, 0.3) is 10.3 Å². The quantitative estimate of drug-likeness (QED) is 0.669. The van der Waals surface area contributed by atoms with E-state index in [9.17, 15) is 0 Å². The van der Waals surface area contributed by atoms with Crippen LogP contribution in [0.5, 0.6) is 0 Å². The van der Waals surface area contributed by atoms with Crippen LogP contribution in [-0.4, -0.2) is 9.97 Å². The Kier molecular flexibility index (Phi) is 2.55. The monoisotopic (exact) mass is 272 g/mol. The lowest BCUT2D eigenvalue weighted by atomic mass is 10.4. The highest BCUT2D eigenvalue weighted by atomic mass is 35.5. The highest BCUT2D eigenvalue weighted by Crippen LogP contribution is 2.37. The maximum absolute atomic E-state index is 5.87. The molecule has 0 aliphatic heterocycles.